The molecule has 1 aliphatic rings. The van der Waals surface area contributed by atoms with Gasteiger partial charge in [-0.25, -0.2) is 0 Å². The van der Waals surface area contributed by atoms with E-state index in [1.807, 2.05) is 0 Å². The molecule has 16 heavy (non-hydrogen) atoms. The standard InChI is InChI=1S/C15H18Si/c1-10-6-5-7-14(13(10)4)16-15-11(2)8-9-12(15)3/h5-9,11H,1-4H3. The molecule has 2 radical (unpaired) electrons. The zero-order valence-electron chi connectivity index (χ0n) is 10.5. The fourth-order valence-electron chi connectivity index (χ4n) is 2.08. The van der Waals surface area contributed by atoms with Gasteiger partial charge in [-0.1, -0.05) is 53.2 Å². The van der Waals surface area contributed by atoms with Crippen LogP contribution in [0, 0.1) is 19.8 Å². The molecule has 0 spiro atoms. The minimum Gasteiger partial charge on any atom is -0.0778 e. The van der Waals surface area contributed by atoms with Crippen LogP contribution in [-0.4, -0.2) is 9.52 Å². The van der Waals surface area contributed by atoms with Gasteiger partial charge in [-0.2, -0.15) is 0 Å². The lowest BCUT2D eigenvalue weighted by molar-refractivity contribution is 0.930. The SMILES string of the molecule is CC1=C([Si]c2cccc(C)c2C)C(C)C=C1. The van der Waals surface area contributed by atoms with Crippen molar-refractivity contribution >= 4 is 14.7 Å². The third kappa shape index (κ3) is 2.05. The first-order valence-corrected chi connectivity index (χ1v) is 6.82. The highest BCUT2D eigenvalue weighted by atomic mass is 28.2. The fraction of sp³-hybridized carbons (Fsp3) is 0.333. The zero-order chi connectivity index (χ0) is 11.7. The Labute approximate surface area is 101 Å². The average molecular weight is 226 g/mol. The van der Waals surface area contributed by atoms with E-state index >= 15 is 0 Å². The Kier molecular flexibility index (Phi) is 3.15. The van der Waals surface area contributed by atoms with Crippen molar-refractivity contribution in [1.29, 1.82) is 0 Å². The fourth-order valence-corrected chi connectivity index (χ4v) is 3.54. The molecule has 1 aliphatic carbocycles. The minimum absolute atomic E-state index is 0.623. The molecule has 0 nitrogen and oxygen atoms in total. The van der Waals surface area contributed by atoms with E-state index in [2.05, 4.69) is 58.0 Å². The van der Waals surface area contributed by atoms with Crippen molar-refractivity contribution < 1.29 is 0 Å². The maximum absolute atomic E-state index is 2.31. The van der Waals surface area contributed by atoms with Gasteiger partial charge in [0.2, 0.25) is 0 Å². The summed E-state index contributed by atoms with van der Waals surface area (Å²) in [6, 6.07) is 6.64. The normalized spacial score (nSPS) is 19.6. The molecule has 82 valence electrons. The summed E-state index contributed by atoms with van der Waals surface area (Å²) in [5.74, 6) is 0.623. The molecule has 0 aromatic heterocycles. The molecule has 1 aromatic carbocycles. The van der Waals surface area contributed by atoms with Crippen LogP contribution in [0.1, 0.15) is 25.0 Å². The van der Waals surface area contributed by atoms with Crippen LogP contribution in [0.2, 0.25) is 0 Å². The third-order valence-electron chi connectivity index (χ3n) is 3.39. The summed E-state index contributed by atoms with van der Waals surface area (Å²) < 4.78 is 0. The summed E-state index contributed by atoms with van der Waals surface area (Å²) in [5.41, 5.74) is 4.33. The van der Waals surface area contributed by atoms with Gasteiger partial charge in [0.05, 0.1) is 0 Å². The van der Waals surface area contributed by atoms with Gasteiger partial charge in [0.1, 0.15) is 9.52 Å². The molecule has 0 aliphatic heterocycles. The van der Waals surface area contributed by atoms with Crippen molar-refractivity contribution in [2.75, 3.05) is 0 Å². The van der Waals surface area contributed by atoms with E-state index in [1.54, 1.807) is 5.20 Å². The quantitative estimate of drug-likeness (QED) is 0.680. The van der Waals surface area contributed by atoms with Crippen LogP contribution in [0.25, 0.3) is 0 Å². The molecule has 0 fully saturated rings. The second kappa shape index (κ2) is 4.42. The van der Waals surface area contributed by atoms with Crippen molar-refractivity contribution in [3.63, 3.8) is 0 Å². The first-order valence-electron chi connectivity index (χ1n) is 5.82. The molecule has 1 heteroatoms. The number of allylic oxidation sites excluding steroid dienone is 4. The Morgan fingerprint density at radius 3 is 2.50 bits per heavy atom. The predicted molar refractivity (Wildman–Crippen MR) is 72.3 cm³/mol. The largest absolute Gasteiger partial charge is 0.117 e. The van der Waals surface area contributed by atoms with Crippen molar-refractivity contribution in [2.45, 2.75) is 27.7 Å². The maximum Gasteiger partial charge on any atom is 0.117 e. The van der Waals surface area contributed by atoms with Crippen LogP contribution in [0.4, 0.5) is 0 Å². The Hall–Kier alpha value is -1.08. The highest BCUT2D eigenvalue weighted by molar-refractivity contribution is 6.62. The van der Waals surface area contributed by atoms with Crippen LogP contribution in [0.15, 0.2) is 41.1 Å². The van der Waals surface area contributed by atoms with Crippen LogP contribution < -0.4 is 5.19 Å². The van der Waals surface area contributed by atoms with Crippen molar-refractivity contribution in [3.05, 3.63) is 52.2 Å². The van der Waals surface area contributed by atoms with Crippen LogP contribution in [0.3, 0.4) is 0 Å². The predicted octanol–water partition coefficient (Wildman–Crippen LogP) is 3.11. The lowest BCUT2D eigenvalue weighted by Gasteiger charge is -2.12. The molecule has 2 rings (SSSR count). The zero-order valence-corrected chi connectivity index (χ0v) is 11.5. The highest BCUT2D eigenvalue weighted by Gasteiger charge is 2.16. The van der Waals surface area contributed by atoms with E-state index in [0.717, 1.165) is 9.52 Å². The molecule has 1 unspecified atom stereocenters. The monoisotopic (exact) mass is 226 g/mol. The van der Waals surface area contributed by atoms with Crippen molar-refractivity contribution in [3.8, 4) is 0 Å². The lowest BCUT2D eigenvalue weighted by Crippen LogP contribution is -2.22. The number of hydrogen-bond donors (Lipinski definition) is 0. The van der Waals surface area contributed by atoms with Crippen LogP contribution >= 0.6 is 0 Å². The van der Waals surface area contributed by atoms with E-state index in [9.17, 15) is 0 Å². The molecular formula is C15H18Si. The second-order valence-corrected chi connectivity index (χ2v) is 5.94. The van der Waals surface area contributed by atoms with E-state index in [0.29, 0.717) is 5.92 Å². The van der Waals surface area contributed by atoms with Gasteiger partial charge >= 0.3 is 0 Å². The van der Waals surface area contributed by atoms with Gasteiger partial charge < -0.3 is 0 Å². The first kappa shape index (κ1) is 11.4. The summed E-state index contributed by atoms with van der Waals surface area (Å²) in [6.07, 6.45) is 4.57. The Morgan fingerprint density at radius 1 is 1.12 bits per heavy atom. The van der Waals surface area contributed by atoms with E-state index in [4.69, 9.17) is 0 Å². The molecule has 1 atom stereocenters. The van der Waals surface area contributed by atoms with Crippen LogP contribution in [-0.2, 0) is 0 Å². The summed E-state index contributed by atoms with van der Waals surface area (Å²) in [4.78, 5) is 0. The number of rotatable bonds is 2. The number of hydrogen-bond acceptors (Lipinski definition) is 0. The van der Waals surface area contributed by atoms with Gasteiger partial charge in [0.25, 0.3) is 0 Å². The van der Waals surface area contributed by atoms with Gasteiger partial charge in [0.15, 0.2) is 0 Å². The number of aryl methyl sites for hydroxylation is 1. The molecule has 0 saturated heterocycles. The smallest absolute Gasteiger partial charge is 0.0778 e. The molecule has 1 aromatic rings. The molecule has 0 saturated carbocycles. The summed E-state index contributed by atoms with van der Waals surface area (Å²) >= 11 is 0. The molecule has 0 heterocycles. The minimum atomic E-state index is 0.623. The molecular weight excluding hydrogens is 208 g/mol. The number of benzene rings is 1. The molecule has 0 bridgehead atoms. The van der Waals surface area contributed by atoms with E-state index in [1.165, 1.54) is 21.9 Å². The summed E-state index contributed by atoms with van der Waals surface area (Å²) in [6.45, 7) is 8.95. The van der Waals surface area contributed by atoms with E-state index < -0.39 is 0 Å². The van der Waals surface area contributed by atoms with E-state index in [-0.39, 0.29) is 0 Å². The topological polar surface area (TPSA) is 0 Å². The Bertz CT molecular complexity index is 466. The van der Waals surface area contributed by atoms with Crippen LogP contribution in [0.5, 0.6) is 0 Å². The second-order valence-electron chi connectivity index (χ2n) is 4.62. The van der Waals surface area contributed by atoms with Gasteiger partial charge in [-0.3, -0.25) is 0 Å². The summed E-state index contributed by atoms with van der Waals surface area (Å²) in [7, 11) is 0.831. The average Bonchev–Trinajstić information content (AvgIpc) is 2.56. The highest BCUT2D eigenvalue weighted by Crippen LogP contribution is 2.23. The van der Waals surface area contributed by atoms with Crippen molar-refractivity contribution in [2.24, 2.45) is 5.92 Å². The van der Waals surface area contributed by atoms with Crippen molar-refractivity contribution in [1.82, 2.24) is 0 Å². The van der Waals surface area contributed by atoms with Gasteiger partial charge in [-0.15, -0.1) is 0 Å². The Morgan fingerprint density at radius 2 is 1.88 bits per heavy atom. The maximum atomic E-state index is 2.31. The molecule has 0 N–H and O–H groups in total. The van der Waals surface area contributed by atoms with Gasteiger partial charge in [0, 0.05) is 0 Å². The lowest BCUT2D eigenvalue weighted by atomic mass is 10.1. The Balaban J connectivity index is 2.29. The van der Waals surface area contributed by atoms with Gasteiger partial charge in [-0.05, 0) is 37.8 Å². The first-order chi connectivity index (χ1) is 7.59. The summed E-state index contributed by atoms with van der Waals surface area (Å²) in [5, 5.41) is 3.11. The molecule has 0 amide bonds. The third-order valence-corrected chi connectivity index (χ3v) is 5.32.